The van der Waals surface area contributed by atoms with Crippen LogP contribution in [0.3, 0.4) is 0 Å². The average Bonchev–Trinajstić information content (AvgIpc) is 2.67. The first-order valence-electron chi connectivity index (χ1n) is 7.99. The quantitative estimate of drug-likeness (QED) is 0.614. The Morgan fingerprint density at radius 3 is 2.60 bits per heavy atom. The maximum atomic E-state index is 9.03. The molecule has 3 N–H and O–H groups in total. The number of methoxy groups -OCH3 is 1. The molecule has 0 unspecified atom stereocenters. The fraction of sp³-hybridized carbons (Fsp3) is 0.158. The minimum atomic E-state index is 0.0115. The number of hydrogen-bond acceptors (Lipinski definition) is 6. The standard InChI is InChI=1S/C19H20N4O2/c1-25-16-9-5-8-15(12-16)21-18-13-17(14-6-3-2-4-7-14)22-19(23-18)20-10-11-24/h2-9,12-13,24H,10-11H2,1H3,(H2,20,21,22,23). The molecule has 3 rings (SSSR count). The van der Waals surface area contributed by atoms with Crippen LogP contribution in [0.15, 0.2) is 60.7 Å². The molecule has 0 atom stereocenters. The fourth-order valence-corrected chi connectivity index (χ4v) is 2.36. The Morgan fingerprint density at radius 1 is 1.00 bits per heavy atom. The van der Waals surface area contributed by atoms with Crippen molar-refractivity contribution in [3.8, 4) is 17.0 Å². The smallest absolute Gasteiger partial charge is 0.225 e. The number of rotatable bonds is 7. The van der Waals surface area contributed by atoms with Gasteiger partial charge in [-0.2, -0.15) is 4.98 Å². The van der Waals surface area contributed by atoms with Crippen LogP contribution in [0.2, 0.25) is 0 Å². The van der Waals surface area contributed by atoms with Crippen LogP contribution in [0.1, 0.15) is 0 Å². The van der Waals surface area contributed by atoms with E-state index in [1.54, 1.807) is 7.11 Å². The van der Waals surface area contributed by atoms with Crippen molar-refractivity contribution in [2.45, 2.75) is 0 Å². The summed E-state index contributed by atoms with van der Waals surface area (Å²) in [5.74, 6) is 1.88. The number of hydrogen-bond donors (Lipinski definition) is 3. The van der Waals surface area contributed by atoms with Gasteiger partial charge in [0.05, 0.1) is 19.4 Å². The summed E-state index contributed by atoms with van der Waals surface area (Å²) >= 11 is 0. The predicted molar refractivity (Wildman–Crippen MR) is 99.3 cm³/mol. The van der Waals surface area contributed by atoms with Crippen LogP contribution >= 0.6 is 0 Å². The minimum absolute atomic E-state index is 0.0115. The first kappa shape index (κ1) is 16.7. The summed E-state index contributed by atoms with van der Waals surface area (Å²) in [5.41, 5.74) is 2.65. The SMILES string of the molecule is COc1cccc(Nc2cc(-c3ccccc3)nc(NCCO)n2)c1. The Kier molecular flexibility index (Phi) is 5.43. The highest BCUT2D eigenvalue weighted by Gasteiger charge is 2.07. The molecular weight excluding hydrogens is 316 g/mol. The van der Waals surface area contributed by atoms with Gasteiger partial charge in [-0.15, -0.1) is 0 Å². The van der Waals surface area contributed by atoms with Crippen LogP contribution in [0.5, 0.6) is 5.75 Å². The molecule has 0 saturated carbocycles. The van der Waals surface area contributed by atoms with Gasteiger partial charge in [-0.1, -0.05) is 36.4 Å². The summed E-state index contributed by atoms with van der Waals surface area (Å²) in [5, 5.41) is 15.3. The van der Waals surface area contributed by atoms with Crippen LogP contribution in [0, 0.1) is 0 Å². The van der Waals surface area contributed by atoms with Crippen LogP contribution in [-0.2, 0) is 0 Å². The molecule has 1 heterocycles. The summed E-state index contributed by atoms with van der Waals surface area (Å²) in [6, 6.07) is 19.4. The second-order valence-corrected chi connectivity index (χ2v) is 5.34. The van der Waals surface area contributed by atoms with E-state index >= 15 is 0 Å². The molecule has 6 heteroatoms. The van der Waals surface area contributed by atoms with Crippen molar-refractivity contribution in [1.82, 2.24) is 9.97 Å². The average molecular weight is 336 g/mol. The molecule has 0 fully saturated rings. The highest BCUT2D eigenvalue weighted by Crippen LogP contribution is 2.25. The van der Waals surface area contributed by atoms with Gasteiger partial charge in [0.1, 0.15) is 11.6 Å². The first-order valence-corrected chi connectivity index (χ1v) is 7.99. The van der Waals surface area contributed by atoms with Crippen LogP contribution in [-0.4, -0.2) is 35.3 Å². The second-order valence-electron chi connectivity index (χ2n) is 5.34. The third-order valence-corrected chi connectivity index (χ3v) is 3.53. The van der Waals surface area contributed by atoms with Crippen LogP contribution in [0.25, 0.3) is 11.3 Å². The molecule has 0 saturated heterocycles. The lowest BCUT2D eigenvalue weighted by molar-refractivity contribution is 0.311. The monoisotopic (exact) mass is 336 g/mol. The molecule has 0 aliphatic rings. The molecule has 25 heavy (non-hydrogen) atoms. The van der Waals surface area contributed by atoms with Gasteiger partial charge in [0.2, 0.25) is 5.95 Å². The Morgan fingerprint density at radius 2 is 1.84 bits per heavy atom. The summed E-state index contributed by atoms with van der Waals surface area (Å²) in [7, 11) is 1.63. The number of benzene rings is 2. The second kappa shape index (κ2) is 8.12. The zero-order chi connectivity index (χ0) is 17.5. The summed E-state index contributed by atoms with van der Waals surface area (Å²) in [6.07, 6.45) is 0. The summed E-state index contributed by atoms with van der Waals surface area (Å²) < 4.78 is 5.25. The molecule has 0 radical (unpaired) electrons. The van der Waals surface area contributed by atoms with Gasteiger partial charge in [0.25, 0.3) is 0 Å². The number of ether oxygens (including phenoxy) is 1. The molecule has 0 bridgehead atoms. The normalized spacial score (nSPS) is 10.3. The van der Waals surface area contributed by atoms with E-state index in [1.807, 2.05) is 60.7 Å². The summed E-state index contributed by atoms with van der Waals surface area (Å²) in [4.78, 5) is 8.98. The van der Waals surface area contributed by atoms with E-state index in [4.69, 9.17) is 9.84 Å². The number of aliphatic hydroxyl groups excluding tert-OH is 1. The zero-order valence-electron chi connectivity index (χ0n) is 13.9. The number of aliphatic hydroxyl groups is 1. The molecule has 0 amide bonds. The van der Waals surface area contributed by atoms with Crippen molar-refractivity contribution in [3.63, 3.8) is 0 Å². The lowest BCUT2D eigenvalue weighted by atomic mass is 10.1. The predicted octanol–water partition coefficient (Wildman–Crippen LogP) is 3.30. The van der Waals surface area contributed by atoms with Crippen molar-refractivity contribution in [2.75, 3.05) is 30.9 Å². The Bertz CT molecular complexity index is 825. The van der Waals surface area contributed by atoms with Crippen molar-refractivity contribution in [2.24, 2.45) is 0 Å². The molecule has 0 aliphatic carbocycles. The Hall–Kier alpha value is -3.12. The van der Waals surface area contributed by atoms with Gasteiger partial charge in [-0.25, -0.2) is 4.98 Å². The molecule has 1 aromatic heterocycles. The van der Waals surface area contributed by atoms with E-state index in [2.05, 4.69) is 20.6 Å². The highest BCUT2D eigenvalue weighted by atomic mass is 16.5. The van der Waals surface area contributed by atoms with Gasteiger partial charge >= 0.3 is 0 Å². The fourth-order valence-electron chi connectivity index (χ4n) is 2.36. The lowest BCUT2D eigenvalue weighted by Crippen LogP contribution is -2.10. The van der Waals surface area contributed by atoms with E-state index in [-0.39, 0.29) is 6.61 Å². The minimum Gasteiger partial charge on any atom is -0.497 e. The van der Waals surface area contributed by atoms with E-state index in [9.17, 15) is 0 Å². The third kappa shape index (κ3) is 4.45. The van der Waals surface area contributed by atoms with Crippen molar-refractivity contribution in [1.29, 1.82) is 0 Å². The van der Waals surface area contributed by atoms with Gasteiger partial charge in [0.15, 0.2) is 0 Å². The number of nitrogens with zero attached hydrogens (tertiary/aromatic N) is 2. The van der Waals surface area contributed by atoms with Gasteiger partial charge in [-0.3, -0.25) is 0 Å². The third-order valence-electron chi connectivity index (χ3n) is 3.53. The highest BCUT2D eigenvalue weighted by molar-refractivity contribution is 5.67. The summed E-state index contributed by atoms with van der Waals surface area (Å²) in [6.45, 7) is 0.397. The lowest BCUT2D eigenvalue weighted by Gasteiger charge is -2.11. The molecule has 0 spiro atoms. The molecular formula is C19H20N4O2. The topological polar surface area (TPSA) is 79.3 Å². The molecule has 3 aromatic rings. The maximum absolute atomic E-state index is 9.03. The number of anilines is 3. The number of aromatic nitrogens is 2. The molecule has 0 aliphatic heterocycles. The van der Waals surface area contributed by atoms with Crippen molar-refractivity contribution < 1.29 is 9.84 Å². The molecule has 2 aromatic carbocycles. The first-order chi connectivity index (χ1) is 12.3. The van der Waals surface area contributed by atoms with Crippen LogP contribution < -0.4 is 15.4 Å². The van der Waals surface area contributed by atoms with Crippen LogP contribution in [0.4, 0.5) is 17.5 Å². The molecule has 128 valence electrons. The van der Waals surface area contributed by atoms with Gasteiger partial charge in [0, 0.05) is 29.9 Å². The number of nitrogens with one attached hydrogen (secondary N) is 2. The Balaban J connectivity index is 1.93. The van der Waals surface area contributed by atoms with Gasteiger partial charge in [-0.05, 0) is 12.1 Å². The van der Waals surface area contributed by atoms with Crippen molar-refractivity contribution >= 4 is 17.5 Å². The largest absolute Gasteiger partial charge is 0.497 e. The van der Waals surface area contributed by atoms with E-state index in [0.29, 0.717) is 18.3 Å². The zero-order valence-corrected chi connectivity index (χ0v) is 13.9. The van der Waals surface area contributed by atoms with E-state index in [0.717, 1.165) is 22.7 Å². The van der Waals surface area contributed by atoms with Crippen molar-refractivity contribution in [3.05, 3.63) is 60.7 Å². The molecule has 6 nitrogen and oxygen atoms in total. The van der Waals surface area contributed by atoms with E-state index in [1.165, 1.54) is 0 Å². The van der Waals surface area contributed by atoms with E-state index < -0.39 is 0 Å². The Labute approximate surface area is 146 Å². The maximum Gasteiger partial charge on any atom is 0.225 e. The van der Waals surface area contributed by atoms with Gasteiger partial charge < -0.3 is 20.5 Å².